The predicted octanol–water partition coefficient (Wildman–Crippen LogP) is 4.38. The average molecular weight is 477 g/mol. The lowest BCUT2D eigenvalue weighted by atomic mass is 9.99. The summed E-state index contributed by atoms with van der Waals surface area (Å²) in [4.78, 5) is 25.3. The van der Waals surface area contributed by atoms with Crippen molar-refractivity contribution < 1.29 is 14.6 Å². The minimum Gasteiger partial charge on any atom is -0.394 e. The zero-order chi connectivity index (χ0) is 23.5. The second kappa shape index (κ2) is 9.93. The van der Waals surface area contributed by atoms with E-state index in [1.807, 2.05) is 30.3 Å². The van der Waals surface area contributed by atoms with Gasteiger partial charge in [0.05, 0.1) is 41.3 Å². The van der Waals surface area contributed by atoms with Crippen LogP contribution in [0.25, 0.3) is 11.0 Å². The summed E-state index contributed by atoms with van der Waals surface area (Å²) in [5.41, 5.74) is 3.68. The predicted molar refractivity (Wildman–Crippen MR) is 131 cm³/mol. The Morgan fingerprint density at radius 2 is 1.97 bits per heavy atom. The van der Waals surface area contributed by atoms with E-state index in [1.165, 1.54) is 11.9 Å². The van der Waals surface area contributed by atoms with E-state index in [4.69, 9.17) is 16.3 Å². The molecule has 0 bridgehead atoms. The highest BCUT2D eigenvalue weighted by Gasteiger charge is 2.25. The van der Waals surface area contributed by atoms with Gasteiger partial charge in [0.15, 0.2) is 5.78 Å². The molecule has 0 spiro atoms. The number of aliphatic hydroxyl groups excluding tert-OH is 1. The van der Waals surface area contributed by atoms with Gasteiger partial charge in [0.25, 0.3) is 0 Å². The van der Waals surface area contributed by atoms with Crippen LogP contribution in [-0.2, 0) is 11.2 Å². The number of aromatic nitrogens is 3. The van der Waals surface area contributed by atoms with Crippen LogP contribution in [0.5, 0.6) is 0 Å². The molecule has 1 aliphatic rings. The van der Waals surface area contributed by atoms with Gasteiger partial charge in [-0.1, -0.05) is 48.0 Å². The number of hydrogen-bond donors (Lipinski definition) is 3. The molecule has 0 radical (unpaired) electrons. The number of nitrogens with zero attached hydrogens (tertiary/aromatic N) is 2. The number of rotatable bonds is 7. The maximum Gasteiger partial charge on any atom is 0.196 e. The molecule has 2 aromatic carbocycles. The first-order chi connectivity index (χ1) is 16.6. The molecule has 3 N–H and O–H groups in total. The van der Waals surface area contributed by atoms with Gasteiger partial charge < -0.3 is 20.1 Å². The lowest BCUT2D eigenvalue weighted by Crippen LogP contribution is -2.36. The Hall–Kier alpha value is -3.26. The van der Waals surface area contributed by atoms with Crippen LogP contribution in [0.4, 0.5) is 5.82 Å². The molecule has 5 rings (SSSR count). The quantitative estimate of drug-likeness (QED) is 0.342. The topological polar surface area (TPSA) is 100 Å². The van der Waals surface area contributed by atoms with Gasteiger partial charge in [0.2, 0.25) is 0 Å². The number of carbonyl (C=O) groups is 1. The number of benzene rings is 2. The summed E-state index contributed by atoms with van der Waals surface area (Å²) in [6.07, 6.45) is 5.32. The third-order valence-corrected chi connectivity index (χ3v) is 6.47. The molecule has 1 aliphatic heterocycles. The number of carbonyl (C=O) groups excluding carboxylic acids is 1. The van der Waals surface area contributed by atoms with Crippen LogP contribution >= 0.6 is 11.6 Å². The number of H-pyrrole nitrogens is 1. The molecule has 7 nitrogen and oxygen atoms in total. The third-order valence-electron chi connectivity index (χ3n) is 6.16. The second-order valence-corrected chi connectivity index (χ2v) is 8.92. The molecule has 0 saturated carbocycles. The van der Waals surface area contributed by atoms with E-state index in [1.54, 1.807) is 12.3 Å². The Bertz CT molecular complexity index is 1300. The highest BCUT2D eigenvalue weighted by molar-refractivity contribution is 6.35. The Kier molecular flexibility index (Phi) is 6.58. The number of aliphatic hydroxyl groups is 1. The molecule has 34 heavy (non-hydrogen) atoms. The maximum atomic E-state index is 13.5. The van der Waals surface area contributed by atoms with E-state index in [0.29, 0.717) is 39.6 Å². The number of ether oxygens (including phenoxy) is 1. The number of ketones is 1. The molecule has 2 atom stereocenters. The lowest BCUT2D eigenvalue weighted by molar-refractivity contribution is -0.0224. The van der Waals surface area contributed by atoms with Crippen molar-refractivity contribution in [3.63, 3.8) is 0 Å². The Balaban J connectivity index is 1.40. The van der Waals surface area contributed by atoms with E-state index in [0.717, 1.165) is 24.8 Å². The first-order valence-electron chi connectivity index (χ1n) is 11.3. The van der Waals surface area contributed by atoms with Gasteiger partial charge in [-0.25, -0.2) is 9.97 Å². The SMILES string of the molecule is O=C(c1ccc(Cc2ccccc2)cc1Cl)c1c[nH]c2ncnc(N[C@@H]3CC[C@@H](CO)OC3)c12. The van der Waals surface area contributed by atoms with Crippen molar-refractivity contribution in [1.82, 2.24) is 15.0 Å². The van der Waals surface area contributed by atoms with E-state index in [-0.39, 0.29) is 24.5 Å². The molecule has 0 aliphatic carbocycles. The van der Waals surface area contributed by atoms with Crippen molar-refractivity contribution in [3.05, 3.63) is 88.3 Å². The smallest absolute Gasteiger partial charge is 0.196 e. The molecule has 4 aromatic rings. The minimum atomic E-state index is -0.194. The standard InChI is InChI=1S/C26H25ClN4O3/c27-22-11-17(10-16-4-2-1-3-5-16)6-9-20(22)24(33)21-12-28-25-23(21)26(30-15-29-25)31-18-7-8-19(13-32)34-14-18/h1-6,9,11-12,15,18-19,32H,7-8,10,13-14H2,(H2,28,29,30,31)/t18-,19+/m1/s1. The van der Waals surface area contributed by atoms with Crippen molar-refractivity contribution in [2.24, 2.45) is 0 Å². The van der Waals surface area contributed by atoms with Crippen LogP contribution in [-0.4, -0.2) is 51.2 Å². The Labute approximate surface area is 202 Å². The lowest BCUT2D eigenvalue weighted by Gasteiger charge is -2.29. The van der Waals surface area contributed by atoms with Gasteiger partial charge in [0.1, 0.15) is 17.8 Å². The van der Waals surface area contributed by atoms with Gasteiger partial charge in [-0.05, 0) is 42.5 Å². The number of aromatic amines is 1. The molecule has 3 heterocycles. The van der Waals surface area contributed by atoms with E-state index < -0.39 is 0 Å². The summed E-state index contributed by atoms with van der Waals surface area (Å²) in [7, 11) is 0. The molecule has 174 valence electrons. The molecule has 0 unspecified atom stereocenters. The summed E-state index contributed by atoms with van der Waals surface area (Å²) in [5.74, 6) is 0.378. The first-order valence-corrected chi connectivity index (χ1v) is 11.7. The van der Waals surface area contributed by atoms with Crippen LogP contribution in [0, 0.1) is 0 Å². The molecule has 8 heteroatoms. The van der Waals surface area contributed by atoms with Crippen molar-refractivity contribution >= 4 is 34.2 Å². The van der Waals surface area contributed by atoms with E-state index in [2.05, 4.69) is 32.4 Å². The van der Waals surface area contributed by atoms with Crippen molar-refractivity contribution in [3.8, 4) is 0 Å². The summed E-state index contributed by atoms with van der Waals surface area (Å²) in [6, 6.07) is 15.7. The normalized spacial score (nSPS) is 18.2. The summed E-state index contributed by atoms with van der Waals surface area (Å²) < 4.78 is 5.67. The highest BCUT2D eigenvalue weighted by Crippen LogP contribution is 2.30. The van der Waals surface area contributed by atoms with Crippen LogP contribution in [0.15, 0.2) is 61.1 Å². The van der Waals surface area contributed by atoms with Gasteiger partial charge in [0, 0.05) is 11.8 Å². The van der Waals surface area contributed by atoms with Crippen molar-refractivity contribution in [1.29, 1.82) is 0 Å². The number of hydrogen-bond acceptors (Lipinski definition) is 6. The summed E-state index contributed by atoms with van der Waals surface area (Å²) in [6.45, 7) is 0.477. The van der Waals surface area contributed by atoms with Crippen molar-refractivity contribution in [2.75, 3.05) is 18.5 Å². The molecule has 0 amide bonds. The van der Waals surface area contributed by atoms with Crippen molar-refractivity contribution in [2.45, 2.75) is 31.4 Å². The summed E-state index contributed by atoms with van der Waals surface area (Å²) in [5, 5.41) is 13.7. The van der Waals surface area contributed by atoms with Gasteiger partial charge in [-0.2, -0.15) is 0 Å². The second-order valence-electron chi connectivity index (χ2n) is 8.51. The monoisotopic (exact) mass is 476 g/mol. The van der Waals surface area contributed by atoms with Crippen LogP contribution < -0.4 is 5.32 Å². The fourth-order valence-electron chi connectivity index (χ4n) is 4.34. The third kappa shape index (κ3) is 4.68. The van der Waals surface area contributed by atoms with E-state index in [9.17, 15) is 9.90 Å². The molecular weight excluding hydrogens is 452 g/mol. The minimum absolute atomic E-state index is 0.0197. The van der Waals surface area contributed by atoms with Gasteiger partial charge in [-0.3, -0.25) is 4.79 Å². The average Bonchev–Trinajstić information content (AvgIpc) is 3.30. The fraction of sp³-hybridized carbons (Fsp3) is 0.269. The Morgan fingerprint density at radius 3 is 2.71 bits per heavy atom. The van der Waals surface area contributed by atoms with Crippen LogP contribution in [0.2, 0.25) is 5.02 Å². The van der Waals surface area contributed by atoms with Gasteiger partial charge in [-0.15, -0.1) is 0 Å². The maximum absolute atomic E-state index is 13.5. The number of anilines is 1. The van der Waals surface area contributed by atoms with Gasteiger partial charge >= 0.3 is 0 Å². The number of fused-ring (bicyclic) bond motifs is 1. The van der Waals surface area contributed by atoms with Crippen LogP contribution in [0.3, 0.4) is 0 Å². The van der Waals surface area contributed by atoms with Crippen LogP contribution in [0.1, 0.15) is 39.9 Å². The Morgan fingerprint density at radius 1 is 1.12 bits per heavy atom. The zero-order valence-corrected chi connectivity index (χ0v) is 19.3. The molecule has 1 saturated heterocycles. The summed E-state index contributed by atoms with van der Waals surface area (Å²) >= 11 is 6.57. The fourth-order valence-corrected chi connectivity index (χ4v) is 4.63. The largest absolute Gasteiger partial charge is 0.394 e. The number of nitrogens with one attached hydrogen (secondary N) is 2. The highest BCUT2D eigenvalue weighted by atomic mass is 35.5. The number of halogens is 1. The molecule has 1 fully saturated rings. The molecule has 2 aromatic heterocycles. The first kappa shape index (κ1) is 22.5. The molecular formula is C26H25ClN4O3. The van der Waals surface area contributed by atoms with E-state index >= 15 is 0 Å². The zero-order valence-electron chi connectivity index (χ0n) is 18.5.